The summed E-state index contributed by atoms with van der Waals surface area (Å²) in [4.78, 5) is 4.25. The van der Waals surface area contributed by atoms with Crippen molar-refractivity contribution in [3.8, 4) is 0 Å². The SMILES string of the molecule is CS(=O)(=O)c1nc2ccccc2n1C/C=C/c1ccccc1. The molecule has 22 heavy (non-hydrogen) atoms. The van der Waals surface area contributed by atoms with Crippen LogP contribution in [0.2, 0.25) is 0 Å². The second-order valence-electron chi connectivity index (χ2n) is 5.08. The van der Waals surface area contributed by atoms with E-state index in [0.29, 0.717) is 12.1 Å². The first-order valence-electron chi connectivity index (χ1n) is 6.92. The van der Waals surface area contributed by atoms with Crippen molar-refractivity contribution in [1.29, 1.82) is 0 Å². The quantitative estimate of drug-likeness (QED) is 0.743. The summed E-state index contributed by atoms with van der Waals surface area (Å²) in [6.45, 7) is 0.456. The van der Waals surface area contributed by atoms with E-state index in [9.17, 15) is 8.42 Å². The molecule has 0 amide bonds. The van der Waals surface area contributed by atoms with Crippen LogP contribution >= 0.6 is 0 Å². The predicted octanol–water partition coefficient (Wildman–Crippen LogP) is 3.15. The Morgan fingerprint density at radius 2 is 1.73 bits per heavy atom. The molecule has 0 saturated carbocycles. The largest absolute Gasteiger partial charge is 0.311 e. The lowest BCUT2D eigenvalue weighted by molar-refractivity contribution is 0.582. The molecular formula is C17H16N2O2S. The molecule has 0 fully saturated rings. The Hall–Kier alpha value is -2.40. The van der Waals surface area contributed by atoms with Crippen LogP contribution in [0.15, 0.2) is 65.8 Å². The number of nitrogens with zero attached hydrogens (tertiary/aromatic N) is 2. The fraction of sp³-hybridized carbons (Fsp3) is 0.118. The number of fused-ring (bicyclic) bond motifs is 1. The molecule has 2 aromatic carbocycles. The highest BCUT2D eigenvalue weighted by Crippen LogP contribution is 2.19. The average Bonchev–Trinajstić information content (AvgIpc) is 2.88. The number of rotatable bonds is 4. The van der Waals surface area contributed by atoms with Crippen LogP contribution in [0, 0.1) is 0 Å². The molecule has 0 bridgehead atoms. The van der Waals surface area contributed by atoms with Gasteiger partial charge in [0.05, 0.1) is 11.0 Å². The number of para-hydroxylation sites is 2. The number of benzene rings is 2. The molecule has 3 aromatic rings. The second kappa shape index (κ2) is 5.77. The van der Waals surface area contributed by atoms with Gasteiger partial charge in [0, 0.05) is 12.8 Å². The summed E-state index contributed by atoms with van der Waals surface area (Å²) in [5.74, 6) is 0. The molecule has 1 heterocycles. The monoisotopic (exact) mass is 312 g/mol. The van der Waals surface area contributed by atoms with Gasteiger partial charge >= 0.3 is 0 Å². The maximum absolute atomic E-state index is 11.9. The summed E-state index contributed by atoms with van der Waals surface area (Å²) < 4.78 is 25.6. The molecule has 0 N–H and O–H groups in total. The van der Waals surface area contributed by atoms with Gasteiger partial charge in [-0.2, -0.15) is 0 Å². The van der Waals surface area contributed by atoms with Gasteiger partial charge in [-0.15, -0.1) is 0 Å². The van der Waals surface area contributed by atoms with Crippen molar-refractivity contribution in [2.24, 2.45) is 0 Å². The van der Waals surface area contributed by atoms with E-state index in [1.807, 2.05) is 66.7 Å². The third kappa shape index (κ3) is 2.94. The summed E-state index contributed by atoms with van der Waals surface area (Å²) in [6.07, 6.45) is 5.10. The molecule has 1 aromatic heterocycles. The first-order chi connectivity index (χ1) is 10.6. The first-order valence-corrected chi connectivity index (χ1v) is 8.82. The van der Waals surface area contributed by atoms with Crippen LogP contribution in [-0.2, 0) is 16.4 Å². The predicted molar refractivity (Wildman–Crippen MR) is 88.3 cm³/mol. The van der Waals surface area contributed by atoms with Crippen molar-refractivity contribution < 1.29 is 8.42 Å². The highest BCUT2D eigenvalue weighted by molar-refractivity contribution is 7.90. The van der Waals surface area contributed by atoms with E-state index < -0.39 is 9.84 Å². The Bertz CT molecular complexity index is 926. The Morgan fingerprint density at radius 1 is 1.05 bits per heavy atom. The van der Waals surface area contributed by atoms with Crippen LogP contribution in [0.1, 0.15) is 5.56 Å². The van der Waals surface area contributed by atoms with Crippen LogP contribution in [0.3, 0.4) is 0 Å². The van der Waals surface area contributed by atoms with Crippen molar-refractivity contribution in [3.63, 3.8) is 0 Å². The zero-order valence-electron chi connectivity index (χ0n) is 12.2. The van der Waals surface area contributed by atoms with Gasteiger partial charge in [0.2, 0.25) is 15.0 Å². The summed E-state index contributed by atoms with van der Waals surface area (Å²) >= 11 is 0. The third-order valence-corrected chi connectivity index (χ3v) is 4.32. The third-order valence-electron chi connectivity index (χ3n) is 3.35. The van der Waals surface area contributed by atoms with Gasteiger partial charge in [-0.25, -0.2) is 13.4 Å². The summed E-state index contributed by atoms with van der Waals surface area (Å²) in [6, 6.07) is 17.3. The van der Waals surface area contributed by atoms with E-state index in [2.05, 4.69) is 4.98 Å². The minimum Gasteiger partial charge on any atom is -0.311 e. The molecule has 5 heteroatoms. The number of hydrogen-bond acceptors (Lipinski definition) is 3. The molecule has 0 atom stereocenters. The molecule has 0 aliphatic carbocycles. The molecule has 0 unspecified atom stereocenters. The van der Waals surface area contributed by atoms with Crippen LogP contribution in [-0.4, -0.2) is 24.2 Å². The highest BCUT2D eigenvalue weighted by Gasteiger charge is 2.18. The molecule has 0 aliphatic heterocycles. The van der Waals surface area contributed by atoms with E-state index in [0.717, 1.165) is 11.1 Å². The molecular weight excluding hydrogens is 296 g/mol. The van der Waals surface area contributed by atoms with Crippen molar-refractivity contribution in [2.75, 3.05) is 6.26 Å². The zero-order chi connectivity index (χ0) is 15.6. The second-order valence-corrected chi connectivity index (χ2v) is 6.99. The van der Waals surface area contributed by atoms with E-state index in [4.69, 9.17) is 0 Å². The molecule has 0 radical (unpaired) electrons. The van der Waals surface area contributed by atoms with Crippen molar-refractivity contribution in [3.05, 3.63) is 66.2 Å². The minimum absolute atomic E-state index is 0.103. The lowest BCUT2D eigenvalue weighted by Crippen LogP contribution is -2.08. The van der Waals surface area contributed by atoms with Crippen LogP contribution in [0.5, 0.6) is 0 Å². The van der Waals surface area contributed by atoms with Crippen molar-refractivity contribution in [1.82, 2.24) is 9.55 Å². The van der Waals surface area contributed by atoms with E-state index in [1.54, 1.807) is 4.57 Å². The Labute approximate surface area is 129 Å². The normalized spacial score (nSPS) is 12.2. The highest BCUT2D eigenvalue weighted by atomic mass is 32.2. The fourth-order valence-corrected chi connectivity index (χ4v) is 3.21. The fourth-order valence-electron chi connectivity index (χ4n) is 2.37. The molecule has 3 rings (SSSR count). The number of allylic oxidation sites excluding steroid dienone is 1. The van der Waals surface area contributed by atoms with Gasteiger partial charge < -0.3 is 4.57 Å². The lowest BCUT2D eigenvalue weighted by Gasteiger charge is -2.04. The molecule has 0 aliphatic rings. The Kier molecular flexibility index (Phi) is 3.81. The van der Waals surface area contributed by atoms with Crippen molar-refractivity contribution >= 4 is 26.9 Å². The van der Waals surface area contributed by atoms with Gasteiger partial charge in [-0.3, -0.25) is 0 Å². The van der Waals surface area contributed by atoms with Crippen LogP contribution < -0.4 is 0 Å². The van der Waals surface area contributed by atoms with E-state index in [-0.39, 0.29) is 5.16 Å². The smallest absolute Gasteiger partial charge is 0.228 e. The topological polar surface area (TPSA) is 52.0 Å². The van der Waals surface area contributed by atoms with Gasteiger partial charge in [0.15, 0.2) is 0 Å². The van der Waals surface area contributed by atoms with Gasteiger partial charge in [0.1, 0.15) is 0 Å². The van der Waals surface area contributed by atoms with Crippen LogP contribution in [0.4, 0.5) is 0 Å². The Morgan fingerprint density at radius 3 is 2.45 bits per heavy atom. The number of imidazole rings is 1. The number of aromatic nitrogens is 2. The first kappa shape index (κ1) is 14.5. The van der Waals surface area contributed by atoms with Gasteiger partial charge in [0.25, 0.3) is 0 Å². The Balaban J connectivity index is 2.00. The maximum atomic E-state index is 11.9. The maximum Gasteiger partial charge on any atom is 0.228 e. The van der Waals surface area contributed by atoms with Crippen LogP contribution in [0.25, 0.3) is 17.1 Å². The summed E-state index contributed by atoms with van der Waals surface area (Å²) in [7, 11) is -3.37. The minimum atomic E-state index is -3.37. The zero-order valence-corrected chi connectivity index (χ0v) is 13.0. The van der Waals surface area contributed by atoms with Gasteiger partial charge in [-0.05, 0) is 17.7 Å². The molecule has 112 valence electrons. The summed E-state index contributed by atoms with van der Waals surface area (Å²) in [5.41, 5.74) is 2.59. The lowest BCUT2D eigenvalue weighted by atomic mass is 10.2. The standard InChI is InChI=1S/C17H16N2O2S/c1-22(20,21)17-18-15-11-5-6-12-16(15)19(17)13-7-10-14-8-3-2-4-9-14/h2-12H,13H2,1H3/b10-7+. The molecule has 0 saturated heterocycles. The van der Waals surface area contributed by atoms with Crippen molar-refractivity contribution in [2.45, 2.75) is 11.7 Å². The van der Waals surface area contributed by atoms with E-state index >= 15 is 0 Å². The number of sulfone groups is 1. The summed E-state index contributed by atoms with van der Waals surface area (Å²) in [5, 5.41) is 0.103. The number of hydrogen-bond donors (Lipinski definition) is 0. The van der Waals surface area contributed by atoms with E-state index in [1.165, 1.54) is 6.26 Å². The van der Waals surface area contributed by atoms with Gasteiger partial charge in [-0.1, -0.05) is 54.6 Å². The average molecular weight is 312 g/mol. The molecule has 0 spiro atoms. The molecule has 4 nitrogen and oxygen atoms in total.